The molecule has 32 heavy (non-hydrogen) atoms. The fourth-order valence-electron chi connectivity index (χ4n) is 5.11. The summed E-state index contributed by atoms with van der Waals surface area (Å²) in [6.45, 7) is 6.18. The molecule has 0 saturated carbocycles. The molecule has 2 aliphatic carbocycles. The van der Waals surface area contributed by atoms with Gasteiger partial charge in [0.1, 0.15) is 5.76 Å². The van der Waals surface area contributed by atoms with Crippen LogP contribution in [0.25, 0.3) is 0 Å². The van der Waals surface area contributed by atoms with Gasteiger partial charge < -0.3 is 15.0 Å². The van der Waals surface area contributed by atoms with Crippen molar-refractivity contribution in [3.8, 4) is 0 Å². The zero-order chi connectivity index (χ0) is 22.7. The average molecular weight is 431 g/mol. The molecule has 3 aliphatic rings. The van der Waals surface area contributed by atoms with Gasteiger partial charge >= 0.3 is 0 Å². The van der Waals surface area contributed by atoms with Crippen LogP contribution in [0.5, 0.6) is 0 Å². The smallest absolute Gasteiger partial charge is 0.234 e. The molecule has 1 aromatic rings. The number of fused-ring (bicyclic) bond motifs is 1. The van der Waals surface area contributed by atoms with E-state index in [2.05, 4.69) is 73.8 Å². The Morgan fingerprint density at radius 3 is 2.72 bits per heavy atom. The van der Waals surface area contributed by atoms with E-state index < -0.39 is 0 Å². The average Bonchev–Trinajstić information content (AvgIpc) is 2.80. The standard InChI is InChI=1S/C28H34N2O2/c1-20-9-8-12-23-24(19-30(3)27(31)26(20)23)22-13-14-25(32-4)28(2,17-22)15-16-29-18-21-10-6-5-7-11-21/h5-14,19-20,26,29H,15-18H2,1-4H3. The minimum Gasteiger partial charge on any atom is -0.501 e. The third kappa shape index (κ3) is 4.37. The van der Waals surface area contributed by atoms with Crippen LogP contribution in [0.15, 0.2) is 89.4 Å². The van der Waals surface area contributed by atoms with Crippen LogP contribution < -0.4 is 5.32 Å². The first-order valence-electron chi connectivity index (χ1n) is 11.5. The van der Waals surface area contributed by atoms with Crippen LogP contribution in [-0.2, 0) is 16.1 Å². The number of amides is 1. The Labute approximate surface area is 192 Å². The minimum atomic E-state index is -0.102. The van der Waals surface area contributed by atoms with Crippen LogP contribution in [0, 0.1) is 17.3 Å². The number of methoxy groups -OCH3 is 1. The minimum absolute atomic E-state index is 0.0995. The van der Waals surface area contributed by atoms with Gasteiger partial charge in [0.2, 0.25) is 5.91 Å². The molecule has 3 unspecified atom stereocenters. The molecule has 4 nitrogen and oxygen atoms in total. The highest BCUT2D eigenvalue weighted by Gasteiger charge is 2.40. The summed E-state index contributed by atoms with van der Waals surface area (Å²) in [4.78, 5) is 14.6. The van der Waals surface area contributed by atoms with Gasteiger partial charge in [0.15, 0.2) is 0 Å². The van der Waals surface area contributed by atoms with E-state index in [4.69, 9.17) is 4.74 Å². The van der Waals surface area contributed by atoms with E-state index >= 15 is 0 Å². The quantitative estimate of drug-likeness (QED) is 0.609. The maximum absolute atomic E-state index is 12.9. The number of carbonyl (C=O) groups is 1. The van der Waals surface area contributed by atoms with Crippen LogP contribution in [0.1, 0.15) is 32.3 Å². The summed E-state index contributed by atoms with van der Waals surface area (Å²) < 4.78 is 5.80. The van der Waals surface area contributed by atoms with Gasteiger partial charge in [-0.1, -0.05) is 68.5 Å². The predicted octanol–water partition coefficient (Wildman–Crippen LogP) is 5.14. The van der Waals surface area contributed by atoms with Crippen molar-refractivity contribution >= 4 is 5.91 Å². The van der Waals surface area contributed by atoms with Crippen LogP contribution in [0.2, 0.25) is 0 Å². The van der Waals surface area contributed by atoms with E-state index in [0.717, 1.165) is 37.3 Å². The second kappa shape index (κ2) is 9.33. The van der Waals surface area contributed by atoms with Gasteiger partial charge in [-0.05, 0) is 53.7 Å². The molecule has 1 heterocycles. The van der Waals surface area contributed by atoms with E-state index in [9.17, 15) is 4.79 Å². The van der Waals surface area contributed by atoms with E-state index in [1.807, 2.05) is 19.3 Å². The zero-order valence-corrected chi connectivity index (χ0v) is 19.6. The molecule has 3 atom stereocenters. The monoisotopic (exact) mass is 430 g/mol. The Hall–Kier alpha value is -2.85. The zero-order valence-electron chi connectivity index (χ0n) is 19.6. The Bertz CT molecular complexity index is 1020. The molecule has 168 valence electrons. The number of hydrogen-bond donors (Lipinski definition) is 1. The summed E-state index contributed by atoms with van der Waals surface area (Å²) in [5.41, 5.74) is 4.79. The van der Waals surface area contributed by atoms with Gasteiger partial charge in [-0.25, -0.2) is 0 Å². The maximum atomic E-state index is 12.9. The van der Waals surface area contributed by atoms with Crippen molar-refractivity contribution in [2.75, 3.05) is 20.7 Å². The third-order valence-electron chi connectivity index (χ3n) is 7.00. The Morgan fingerprint density at radius 2 is 1.97 bits per heavy atom. The van der Waals surface area contributed by atoms with Crippen molar-refractivity contribution in [1.82, 2.24) is 10.2 Å². The number of nitrogens with zero attached hydrogens (tertiary/aromatic N) is 1. The summed E-state index contributed by atoms with van der Waals surface area (Å²) in [5.74, 6) is 1.30. The second-order valence-electron chi connectivity index (χ2n) is 9.41. The van der Waals surface area contributed by atoms with Crippen LogP contribution in [0.4, 0.5) is 0 Å². The molecule has 1 aliphatic heterocycles. The largest absolute Gasteiger partial charge is 0.501 e. The number of ether oxygens (including phenoxy) is 1. The fraction of sp³-hybridized carbons (Fsp3) is 0.393. The third-order valence-corrected chi connectivity index (χ3v) is 7.00. The molecule has 4 rings (SSSR count). The van der Waals surface area contributed by atoms with Crippen molar-refractivity contribution in [1.29, 1.82) is 0 Å². The highest BCUT2D eigenvalue weighted by Crippen LogP contribution is 2.47. The van der Waals surface area contributed by atoms with Gasteiger partial charge in [0.05, 0.1) is 13.0 Å². The summed E-state index contributed by atoms with van der Waals surface area (Å²) in [6.07, 6.45) is 14.5. The van der Waals surface area contributed by atoms with Crippen LogP contribution in [0.3, 0.4) is 0 Å². The SMILES string of the molecule is COC1=CC=C(C2=CN(C)C(=O)C3C2=CC=CC3C)CC1(C)CCNCc1ccccc1. The van der Waals surface area contributed by atoms with Gasteiger partial charge in [0.25, 0.3) is 0 Å². The molecule has 0 radical (unpaired) electrons. The van der Waals surface area contributed by atoms with Crippen molar-refractivity contribution in [2.24, 2.45) is 17.3 Å². The molecule has 4 heteroatoms. The summed E-state index contributed by atoms with van der Waals surface area (Å²) >= 11 is 0. The normalized spacial score (nSPS) is 27.2. The highest BCUT2D eigenvalue weighted by molar-refractivity contribution is 5.88. The maximum Gasteiger partial charge on any atom is 0.234 e. The number of nitrogens with one attached hydrogen (secondary N) is 1. The van der Waals surface area contributed by atoms with Gasteiger partial charge in [-0.3, -0.25) is 4.79 Å². The summed E-state index contributed by atoms with van der Waals surface area (Å²) in [7, 11) is 3.63. The number of carbonyl (C=O) groups excluding carboxylic acids is 1. The van der Waals surface area contributed by atoms with Crippen molar-refractivity contribution in [3.05, 3.63) is 95.0 Å². The summed E-state index contributed by atoms with van der Waals surface area (Å²) in [5, 5.41) is 3.59. The molecule has 1 N–H and O–H groups in total. The number of rotatable bonds is 7. The van der Waals surface area contributed by atoms with Crippen molar-refractivity contribution < 1.29 is 9.53 Å². The molecule has 1 aromatic carbocycles. The molecule has 0 bridgehead atoms. The van der Waals surface area contributed by atoms with E-state index in [0.29, 0.717) is 0 Å². The number of benzene rings is 1. The lowest BCUT2D eigenvalue weighted by Crippen LogP contribution is -2.39. The van der Waals surface area contributed by atoms with E-state index in [1.54, 1.807) is 12.0 Å². The Morgan fingerprint density at radius 1 is 1.19 bits per heavy atom. The molecule has 0 spiro atoms. The van der Waals surface area contributed by atoms with Crippen LogP contribution >= 0.6 is 0 Å². The summed E-state index contributed by atoms with van der Waals surface area (Å²) in [6, 6.07) is 10.5. The Balaban J connectivity index is 1.52. The molecule has 0 fully saturated rings. The molecule has 0 aromatic heterocycles. The first-order chi connectivity index (χ1) is 15.4. The number of allylic oxidation sites excluding steroid dienone is 8. The van der Waals surface area contributed by atoms with Gasteiger partial charge in [-0.2, -0.15) is 0 Å². The van der Waals surface area contributed by atoms with Crippen LogP contribution in [-0.4, -0.2) is 31.5 Å². The second-order valence-corrected chi connectivity index (χ2v) is 9.41. The van der Waals surface area contributed by atoms with Crippen molar-refractivity contribution in [2.45, 2.75) is 33.2 Å². The highest BCUT2D eigenvalue weighted by atomic mass is 16.5. The lowest BCUT2D eigenvalue weighted by atomic mass is 9.70. The van der Waals surface area contributed by atoms with E-state index in [1.165, 1.54) is 16.7 Å². The first kappa shape index (κ1) is 22.3. The first-order valence-corrected chi connectivity index (χ1v) is 11.5. The lowest BCUT2D eigenvalue weighted by Gasteiger charge is -2.39. The van der Waals surface area contributed by atoms with Gasteiger partial charge in [-0.15, -0.1) is 0 Å². The molecule has 1 amide bonds. The predicted molar refractivity (Wildman–Crippen MR) is 129 cm³/mol. The molecular formula is C28H34N2O2. The fourth-order valence-corrected chi connectivity index (χ4v) is 5.11. The number of hydrogen-bond acceptors (Lipinski definition) is 3. The topological polar surface area (TPSA) is 41.6 Å². The lowest BCUT2D eigenvalue weighted by molar-refractivity contribution is -0.132. The molecular weight excluding hydrogens is 396 g/mol. The van der Waals surface area contributed by atoms with Gasteiger partial charge in [0, 0.05) is 25.2 Å². The van der Waals surface area contributed by atoms with E-state index in [-0.39, 0.29) is 23.2 Å². The van der Waals surface area contributed by atoms with Crippen molar-refractivity contribution in [3.63, 3.8) is 0 Å². The Kier molecular flexibility index (Phi) is 6.52. The molecule has 0 saturated heterocycles.